The highest BCUT2D eigenvalue weighted by Gasteiger charge is 2.09. The summed E-state index contributed by atoms with van der Waals surface area (Å²) in [7, 11) is 1.99. The van der Waals surface area contributed by atoms with Crippen LogP contribution in [0.4, 0.5) is 5.69 Å². The van der Waals surface area contributed by atoms with Gasteiger partial charge in [0.25, 0.3) is 0 Å². The predicted octanol–water partition coefficient (Wildman–Crippen LogP) is 5.60. The molecule has 0 saturated heterocycles. The largest absolute Gasteiger partial charge is 0.319 e. The Morgan fingerprint density at radius 2 is 1.86 bits per heavy atom. The molecule has 0 N–H and O–H groups in total. The summed E-state index contributed by atoms with van der Waals surface area (Å²) in [6.07, 6.45) is 0. The maximum Gasteiger partial charge on any atom is 0.190 e. The second-order valence-corrected chi connectivity index (χ2v) is 6.67. The van der Waals surface area contributed by atoms with Crippen molar-refractivity contribution in [2.45, 2.75) is 6.92 Å². The van der Waals surface area contributed by atoms with E-state index in [1.807, 2.05) is 41.9 Å². The standard InChI is InChI=1S/C17H14Cl2N2S/c1-11-5-3-4-6-15(11)20-17-21(2)16(10-22-17)13-8-7-12(18)9-14(13)19/h3-10H,1-2H3. The number of nitrogens with zero attached hydrogens (tertiary/aromatic N) is 2. The second-order valence-electron chi connectivity index (χ2n) is 4.98. The zero-order valence-corrected chi connectivity index (χ0v) is 14.5. The summed E-state index contributed by atoms with van der Waals surface area (Å²) in [5, 5.41) is 3.34. The Hall–Kier alpha value is -1.55. The van der Waals surface area contributed by atoms with Gasteiger partial charge in [-0.05, 0) is 36.8 Å². The fourth-order valence-corrected chi connectivity index (χ4v) is 3.62. The molecular weight excluding hydrogens is 335 g/mol. The van der Waals surface area contributed by atoms with Gasteiger partial charge in [0.05, 0.1) is 16.4 Å². The first kappa shape index (κ1) is 15.3. The van der Waals surface area contributed by atoms with Gasteiger partial charge in [0.1, 0.15) is 0 Å². The van der Waals surface area contributed by atoms with Gasteiger partial charge in [0.15, 0.2) is 4.80 Å². The molecule has 0 aliphatic rings. The van der Waals surface area contributed by atoms with Gasteiger partial charge in [-0.2, -0.15) is 0 Å². The summed E-state index contributed by atoms with van der Waals surface area (Å²) >= 11 is 13.9. The molecule has 0 spiro atoms. The third kappa shape index (κ3) is 2.98. The van der Waals surface area contributed by atoms with Crippen LogP contribution in [0.1, 0.15) is 5.56 Å². The zero-order valence-electron chi connectivity index (χ0n) is 12.2. The third-order valence-corrected chi connectivity index (χ3v) is 4.93. The SMILES string of the molecule is Cc1ccccc1N=c1scc(-c2ccc(Cl)cc2Cl)n1C. The predicted molar refractivity (Wildman–Crippen MR) is 95.1 cm³/mol. The van der Waals surface area contributed by atoms with Crippen molar-refractivity contribution in [2.75, 3.05) is 0 Å². The minimum Gasteiger partial charge on any atom is -0.319 e. The maximum atomic E-state index is 6.31. The van der Waals surface area contributed by atoms with Crippen LogP contribution in [0, 0.1) is 6.92 Å². The van der Waals surface area contributed by atoms with Gasteiger partial charge in [0.2, 0.25) is 0 Å². The number of benzene rings is 2. The first-order chi connectivity index (χ1) is 10.6. The monoisotopic (exact) mass is 348 g/mol. The number of rotatable bonds is 2. The minimum absolute atomic E-state index is 0.636. The van der Waals surface area contributed by atoms with Gasteiger partial charge >= 0.3 is 0 Å². The Bertz CT molecular complexity index is 894. The molecule has 0 atom stereocenters. The molecule has 2 aromatic carbocycles. The first-order valence-electron chi connectivity index (χ1n) is 6.76. The molecule has 2 nitrogen and oxygen atoms in total. The fourth-order valence-electron chi connectivity index (χ4n) is 2.20. The summed E-state index contributed by atoms with van der Waals surface area (Å²) < 4.78 is 2.05. The van der Waals surface area contributed by atoms with Crippen LogP contribution in [0.5, 0.6) is 0 Å². The number of thiazole rings is 1. The lowest BCUT2D eigenvalue weighted by Gasteiger charge is -2.06. The Labute approximate surface area is 143 Å². The summed E-state index contributed by atoms with van der Waals surface area (Å²) in [4.78, 5) is 5.67. The molecule has 1 heterocycles. The molecule has 5 heteroatoms. The minimum atomic E-state index is 0.636. The number of hydrogen-bond acceptors (Lipinski definition) is 2. The molecular formula is C17H14Cl2N2S. The highest BCUT2D eigenvalue weighted by Crippen LogP contribution is 2.30. The van der Waals surface area contributed by atoms with Crippen LogP contribution in [0.2, 0.25) is 10.0 Å². The van der Waals surface area contributed by atoms with Crippen LogP contribution in [-0.2, 0) is 7.05 Å². The van der Waals surface area contributed by atoms with Crippen LogP contribution < -0.4 is 4.80 Å². The van der Waals surface area contributed by atoms with E-state index in [9.17, 15) is 0 Å². The molecule has 0 amide bonds. The van der Waals surface area contributed by atoms with Gasteiger partial charge in [-0.1, -0.05) is 41.4 Å². The maximum absolute atomic E-state index is 6.31. The summed E-state index contributed by atoms with van der Waals surface area (Å²) in [5.74, 6) is 0. The van der Waals surface area contributed by atoms with Crippen molar-refractivity contribution >= 4 is 40.2 Å². The van der Waals surface area contributed by atoms with E-state index in [1.165, 1.54) is 0 Å². The summed E-state index contributed by atoms with van der Waals surface area (Å²) in [6, 6.07) is 13.6. The van der Waals surface area contributed by atoms with Crippen molar-refractivity contribution in [3.05, 3.63) is 68.3 Å². The lowest BCUT2D eigenvalue weighted by molar-refractivity contribution is 0.882. The van der Waals surface area contributed by atoms with Crippen molar-refractivity contribution in [3.63, 3.8) is 0 Å². The molecule has 0 aliphatic heterocycles. The molecule has 0 fully saturated rings. The number of hydrogen-bond donors (Lipinski definition) is 0. The van der Waals surface area contributed by atoms with Gasteiger partial charge in [-0.15, -0.1) is 11.3 Å². The third-order valence-electron chi connectivity index (χ3n) is 3.46. The lowest BCUT2D eigenvalue weighted by Crippen LogP contribution is -2.11. The summed E-state index contributed by atoms with van der Waals surface area (Å²) in [6.45, 7) is 2.06. The second kappa shape index (κ2) is 6.29. The fraction of sp³-hybridized carbons (Fsp3) is 0.118. The highest BCUT2D eigenvalue weighted by molar-refractivity contribution is 7.07. The van der Waals surface area contributed by atoms with Gasteiger partial charge in [-0.3, -0.25) is 0 Å². The van der Waals surface area contributed by atoms with E-state index in [-0.39, 0.29) is 0 Å². The van der Waals surface area contributed by atoms with E-state index in [1.54, 1.807) is 17.4 Å². The first-order valence-corrected chi connectivity index (χ1v) is 8.40. The van der Waals surface area contributed by atoms with Crippen LogP contribution in [-0.4, -0.2) is 4.57 Å². The van der Waals surface area contributed by atoms with Crippen LogP contribution >= 0.6 is 34.5 Å². The molecule has 0 unspecified atom stereocenters. The van der Waals surface area contributed by atoms with Gasteiger partial charge in [-0.25, -0.2) is 4.99 Å². The molecule has 3 aromatic rings. The van der Waals surface area contributed by atoms with E-state index in [0.717, 1.165) is 27.3 Å². The number of halogens is 2. The smallest absolute Gasteiger partial charge is 0.190 e. The number of aromatic nitrogens is 1. The molecule has 112 valence electrons. The van der Waals surface area contributed by atoms with Crippen molar-refractivity contribution in [1.29, 1.82) is 0 Å². The van der Waals surface area contributed by atoms with Crippen molar-refractivity contribution in [3.8, 4) is 11.3 Å². The Morgan fingerprint density at radius 3 is 2.59 bits per heavy atom. The van der Waals surface area contributed by atoms with Crippen molar-refractivity contribution in [1.82, 2.24) is 4.57 Å². The van der Waals surface area contributed by atoms with E-state index in [4.69, 9.17) is 28.2 Å². The number of para-hydroxylation sites is 1. The van der Waals surface area contributed by atoms with Crippen molar-refractivity contribution in [2.24, 2.45) is 12.0 Å². The average Bonchev–Trinajstić information content (AvgIpc) is 2.83. The average molecular weight is 349 g/mol. The summed E-state index contributed by atoms with van der Waals surface area (Å²) in [5.41, 5.74) is 4.12. The normalized spacial score (nSPS) is 11.9. The molecule has 1 aromatic heterocycles. The number of aryl methyl sites for hydroxylation is 1. The molecule has 0 bridgehead atoms. The quantitative estimate of drug-likeness (QED) is 0.573. The molecule has 0 saturated carbocycles. The van der Waals surface area contributed by atoms with Crippen molar-refractivity contribution < 1.29 is 0 Å². The molecule has 3 rings (SSSR count). The van der Waals surface area contributed by atoms with E-state index >= 15 is 0 Å². The lowest BCUT2D eigenvalue weighted by atomic mass is 10.2. The van der Waals surface area contributed by atoms with Crippen LogP contribution in [0.15, 0.2) is 52.8 Å². The topological polar surface area (TPSA) is 17.3 Å². The Balaban J connectivity index is 2.12. The van der Waals surface area contributed by atoms with Gasteiger partial charge < -0.3 is 4.57 Å². The van der Waals surface area contributed by atoms with E-state index < -0.39 is 0 Å². The molecule has 22 heavy (non-hydrogen) atoms. The van der Waals surface area contributed by atoms with Crippen LogP contribution in [0.25, 0.3) is 11.3 Å². The molecule has 0 aliphatic carbocycles. The zero-order chi connectivity index (χ0) is 15.7. The van der Waals surface area contributed by atoms with Gasteiger partial charge in [0, 0.05) is 23.0 Å². The van der Waals surface area contributed by atoms with E-state index in [0.29, 0.717) is 10.0 Å². The van der Waals surface area contributed by atoms with E-state index in [2.05, 4.69) is 18.4 Å². The Kier molecular flexibility index (Phi) is 4.39. The van der Waals surface area contributed by atoms with Crippen LogP contribution in [0.3, 0.4) is 0 Å². The Morgan fingerprint density at radius 1 is 1.09 bits per heavy atom. The molecule has 0 radical (unpaired) electrons. The highest BCUT2D eigenvalue weighted by atomic mass is 35.5.